The number of fused-ring (bicyclic) bond motifs is 1. The summed E-state index contributed by atoms with van der Waals surface area (Å²) in [5.41, 5.74) is 7.62. The molecule has 7 N–H and O–H groups in total. The summed E-state index contributed by atoms with van der Waals surface area (Å²) in [5.74, 6) is 0.803. The lowest BCUT2D eigenvalue weighted by Crippen LogP contribution is -2.38. The second kappa shape index (κ2) is 13.3. The lowest BCUT2D eigenvalue weighted by Gasteiger charge is -2.23. The first-order valence-electron chi connectivity index (χ1n) is 11.6. The van der Waals surface area contributed by atoms with E-state index in [-0.39, 0.29) is 5.54 Å². The molecule has 2 atom stereocenters. The maximum absolute atomic E-state index is 10.0. The van der Waals surface area contributed by atoms with Crippen molar-refractivity contribution in [1.29, 1.82) is 0 Å². The Kier molecular flexibility index (Phi) is 11.1. The molecule has 35 heavy (non-hydrogen) atoms. The molecule has 194 valence electrons. The Morgan fingerprint density at radius 3 is 2.31 bits per heavy atom. The standard InChI is InChI=1S/C14H20N2O2.C12H18Cl2N2O/c1-10(2)16-8-11(17)9-18-14-5-3-4-13-12(14)6-7-15-13;1-12(2,3)16-6-10(17)7-4-8(13)11(15)9(14)5-7/h3-7,10-11,15-17H,8-9H2,1-2H3;4-5,10,16-17H,6,15H2,1-3H3. The fourth-order valence-electron chi connectivity index (χ4n) is 3.12. The maximum atomic E-state index is 10.0. The molecule has 2 aromatic carbocycles. The smallest absolute Gasteiger partial charge is 0.128 e. The Morgan fingerprint density at radius 2 is 1.71 bits per heavy atom. The van der Waals surface area contributed by atoms with Gasteiger partial charge >= 0.3 is 0 Å². The second-order valence-corrected chi connectivity index (χ2v) is 10.6. The number of halogens is 2. The Labute approximate surface area is 218 Å². The third-order valence-corrected chi connectivity index (χ3v) is 5.69. The average Bonchev–Trinajstić information content (AvgIpc) is 3.27. The zero-order chi connectivity index (χ0) is 26.2. The largest absolute Gasteiger partial charge is 0.490 e. The first kappa shape index (κ1) is 29.2. The number of hydrogen-bond acceptors (Lipinski definition) is 6. The summed E-state index contributed by atoms with van der Waals surface area (Å²) in [6, 6.07) is 11.5. The van der Waals surface area contributed by atoms with Gasteiger partial charge in [-0.15, -0.1) is 0 Å². The molecule has 0 radical (unpaired) electrons. The van der Waals surface area contributed by atoms with Gasteiger partial charge in [0.05, 0.1) is 21.8 Å². The van der Waals surface area contributed by atoms with Crippen molar-refractivity contribution >= 4 is 39.8 Å². The van der Waals surface area contributed by atoms with E-state index in [9.17, 15) is 10.2 Å². The van der Waals surface area contributed by atoms with Gasteiger partial charge in [0, 0.05) is 41.8 Å². The number of aromatic nitrogens is 1. The van der Waals surface area contributed by atoms with E-state index in [1.165, 1.54) is 0 Å². The number of β-amino-alcohol motifs (C(OH)–C–C–N with tert-alkyl or cyclic N) is 1. The Morgan fingerprint density at radius 1 is 1.06 bits per heavy atom. The number of ether oxygens (including phenoxy) is 1. The van der Waals surface area contributed by atoms with Crippen LogP contribution < -0.4 is 21.1 Å². The molecule has 9 heteroatoms. The molecule has 0 saturated heterocycles. The topological polar surface area (TPSA) is 116 Å². The molecule has 3 aromatic rings. The number of benzene rings is 2. The summed E-state index contributed by atoms with van der Waals surface area (Å²) in [6.07, 6.45) is 0.722. The fourth-order valence-corrected chi connectivity index (χ4v) is 3.62. The number of aliphatic hydroxyl groups is 2. The minimum absolute atomic E-state index is 0.0532. The molecule has 0 aliphatic rings. The Balaban J connectivity index is 0.000000247. The molecule has 1 aromatic heterocycles. The number of H-pyrrole nitrogens is 1. The average molecular weight is 526 g/mol. The molecule has 0 amide bonds. The first-order valence-corrected chi connectivity index (χ1v) is 12.4. The van der Waals surface area contributed by atoms with E-state index in [1.54, 1.807) is 12.1 Å². The van der Waals surface area contributed by atoms with Gasteiger partial charge in [-0.3, -0.25) is 0 Å². The second-order valence-electron chi connectivity index (χ2n) is 9.77. The van der Waals surface area contributed by atoms with Crippen LogP contribution in [0.1, 0.15) is 46.3 Å². The van der Waals surface area contributed by atoms with Crippen LogP contribution in [0.5, 0.6) is 5.75 Å². The summed E-state index contributed by atoms with van der Waals surface area (Å²) in [6.45, 7) is 11.5. The van der Waals surface area contributed by atoms with E-state index in [2.05, 4.69) is 15.6 Å². The zero-order valence-electron chi connectivity index (χ0n) is 21.0. The van der Waals surface area contributed by atoms with Crippen LogP contribution >= 0.6 is 23.2 Å². The molecule has 0 saturated carbocycles. The van der Waals surface area contributed by atoms with Crippen LogP contribution in [-0.2, 0) is 0 Å². The third kappa shape index (κ3) is 9.88. The highest BCUT2D eigenvalue weighted by Crippen LogP contribution is 2.31. The quantitative estimate of drug-likeness (QED) is 0.222. The van der Waals surface area contributed by atoms with Gasteiger partial charge in [-0.2, -0.15) is 0 Å². The van der Waals surface area contributed by atoms with E-state index in [4.69, 9.17) is 33.7 Å². The zero-order valence-corrected chi connectivity index (χ0v) is 22.5. The number of anilines is 1. The molecule has 0 aliphatic heterocycles. The van der Waals surface area contributed by atoms with Gasteiger partial charge in [-0.05, 0) is 56.7 Å². The maximum Gasteiger partial charge on any atom is 0.128 e. The predicted molar refractivity (Wildman–Crippen MR) is 147 cm³/mol. The van der Waals surface area contributed by atoms with Gasteiger partial charge < -0.3 is 36.3 Å². The van der Waals surface area contributed by atoms with Gasteiger partial charge in [0.15, 0.2) is 0 Å². The number of nitrogens with two attached hydrogens (primary N) is 1. The van der Waals surface area contributed by atoms with Crippen molar-refractivity contribution in [3.63, 3.8) is 0 Å². The normalized spacial score (nSPS) is 13.4. The van der Waals surface area contributed by atoms with E-state index in [1.807, 2.05) is 65.1 Å². The summed E-state index contributed by atoms with van der Waals surface area (Å²) >= 11 is 11.8. The first-order chi connectivity index (χ1) is 16.4. The lowest BCUT2D eigenvalue weighted by atomic mass is 10.1. The SMILES string of the molecule is CC(C)(C)NCC(O)c1cc(Cl)c(N)c(Cl)c1.CC(C)NCC(O)COc1cccc2[nH]ccc12. The highest BCUT2D eigenvalue weighted by molar-refractivity contribution is 6.38. The van der Waals surface area contributed by atoms with Crippen molar-refractivity contribution in [3.8, 4) is 5.75 Å². The van der Waals surface area contributed by atoms with Crippen molar-refractivity contribution in [3.05, 3.63) is 58.2 Å². The highest BCUT2D eigenvalue weighted by atomic mass is 35.5. The number of nitrogen functional groups attached to an aromatic ring is 1. The number of aliphatic hydroxyl groups excluding tert-OH is 2. The monoisotopic (exact) mass is 524 g/mol. The number of hydrogen-bond donors (Lipinski definition) is 6. The minimum Gasteiger partial charge on any atom is -0.490 e. The molecule has 1 heterocycles. The summed E-state index contributed by atoms with van der Waals surface area (Å²) < 4.78 is 5.66. The van der Waals surface area contributed by atoms with Crippen molar-refractivity contribution in [2.45, 2.75) is 58.4 Å². The molecule has 0 spiro atoms. The van der Waals surface area contributed by atoms with Crippen LogP contribution in [0.25, 0.3) is 10.9 Å². The molecule has 7 nitrogen and oxygen atoms in total. The number of rotatable bonds is 9. The molecule has 0 fully saturated rings. The van der Waals surface area contributed by atoms with Gasteiger partial charge in [0.25, 0.3) is 0 Å². The molecule has 2 unspecified atom stereocenters. The van der Waals surface area contributed by atoms with Gasteiger partial charge in [0.1, 0.15) is 18.5 Å². The van der Waals surface area contributed by atoms with Gasteiger partial charge in [-0.1, -0.05) is 43.1 Å². The summed E-state index contributed by atoms with van der Waals surface area (Å²) in [5, 5.41) is 27.9. The molecule has 0 aliphatic carbocycles. The van der Waals surface area contributed by atoms with E-state index in [0.29, 0.717) is 47.0 Å². The summed E-state index contributed by atoms with van der Waals surface area (Å²) in [4.78, 5) is 3.13. The van der Waals surface area contributed by atoms with Crippen LogP contribution in [0.4, 0.5) is 5.69 Å². The van der Waals surface area contributed by atoms with Gasteiger partial charge in [-0.25, -0.2) is 0 Å². The van der Waals surface area contributed by atoms with Gasteiger partial charge in [0.2, 0.25) is 0 Å². The number of aromatic amines is 1. The van der Waals surface area contributed by atoms with Crippen molar-refractivity contribution in [1.82, 2.24) is 15.6 Å². The fraction of sp³-hybridized carbons (Fsp3) is 0.462. The van der Waals surface area contributed by atoms with E-state index < -0.39 is 12.2 Å². The Bertz CT molecular complexity index is 1040. The van der Waals surface area contributed by atoms with Crippen LogP contribution in [0.15, 0.2) is 42.6 Å². The predicted octanol–water partition coefficient (Wildman–Crippen LogP) is 4.90. The van der Waals surface area contributed by atoms with E-state index in [0.717, 1.165) is 16.7 Å². The van der Waals surface area contributed by atoms with Crippen LogP contribution in [0, 0.1) is 0 Å². The lowest BCUT2D eigenvalue weighted by molar-refractivity contribution is 0.105. The van der Waals surface area contributed by atoms with Crippen LogP contribution in [-0.4, -0.2) is 52.6 Å². The van der Waals surface area contributed by atoms with E-state index >= 15 is 0 Å². The molecule has 3 rings (SSSR count). The van der Waals surface area contributed by atoms with Crippen LogP contribution in [0.2, 0.25) is 10.0 Å². The minimum atomic E-state index is -0.662. The molecule has 0 bridgehead atoms. The summed E-state index contributed by atoms with van der Waals surface area (Å²) in [7, 11) is 0. The van der Waals surface area contributed by atoms with Crippen molar-refractivity contribution < 1.29 is 14.9 Å². The third-order valence-electron chi connectivity index (χ3n) is 5.06. The Hall–Kier alpha value is -2.00. The molecular formula is C26H38Cl2N4O3. The highest BCUT2D eigenvalue weighted by Gasteiger charge is 2.15. The van der Waals surface area contributed by atoms with Crippen molar-refractivity contribution in [2.75, 3.05) is 25.4 Å². The van der Waals surface area contributed by atoms with Crippen LogP contribution in [0.3, 0.4) is 0 Å². The molecular weight excluding hydrogens is 487 g/mol. The number of nitrogens with one attached hydrogen (secondary N) is 3. The van der Waals surface area contributed by atoms with Crippen molar-refractivity contribution in [2.24, 2.45) is 0 Å².